The van der Waals surface area contributed by atoms with Crippen LogP contribution in [0, 0.1) is 0 Å². The molecule has 0 aliphatic rings. The van der Waals surface area contributed by atoms with Crippen LogP contribution in [0.2, 0.25) is 0 Å². The number of carboxylic acids is 1. The van der Waals surface area contributed by atoms with Crippen LogP contribution in [0.5, 0.6) is 17.2 Å². The van der Waals surface area contributed by atoms with Gasteiger partial charge in [-0.1, -0.05) is 12.1 Å². The zero-order valence-electron chi connectivity index (χ0n) is 14.3. The molecule has 3 rings (SSSR count). The van der Waals surface area contributed by atoms with Crippen LogP contribution in [0.25, 0.3) is 23.1 Å². The van der Waals surface area contributed by atoms with Gasteiger partial charge in [0.05, 0.1) is 31.0 Å². The number of carboxylic acid groups (broad SMARTS) is 1. The van der Waals surface area contributed by atoms with Gasteiger partial charge in [-0.25, -0.2) is 9.78 Å². The molecule has 1 aromatic heterocycles. The number of nitrogens with zero attached hydrogens (tertiary/aromatic N) is 1. The fraction of sp³-hybridized carbons (Fsp3) is 0.100. The highest BCUT2D eigenvalue weighted by Gasteiger charge is 2.10. The van der Waals surface area contributed by atoms with Gasteiger partial charge < -0.3 is 19.7 Å². The monoisotopic (exact) mass is 351 g/mol. The van der Waals surface area contributed by atoms with E-state index in [1.165, 1.54) is 20.3 Å². The quantitative estimate of drug-likeness (QED) is 0.726. The molecule has 3 aromatic rings. The number of aromatic nitrogens is 1. The van der Waals surface area contributed by atoms with E-state index in [-0.39, 0.29) is 11.3 Å². The van der Waals surface area contributed by atoms with Crippen molar-refractivity contribution < 1.29 is 24.5 Å². The number of aromatic carboxylic acids is 1. The zero-order valence-corrected chi connectivity index (χ0v) is 14.3. The summed E-state index contributed by atoms with van der Waals surface area (Å²) in [5.41, 5.74) is 2.43. The molecule has 0 aliphatic carbocycles. The highest BCUT2D eigenvalue weighted by atomic mass is 16.5. The summed E-state index contributed by atoms with van der Waals surface area (Å²) >= 11 is 0. The maximum atomic E-state index is 11.0. The van der Waals surface area contributed by atoms with Crippen LogP contribution in [0.1, 0.15) is 21.6 Å². The summed E-state index contributed by atoms with van der Waals surface area (Å²) in [6.45, 7) is 0. The normalized spacial score (nSPS) is 11.0. The molecular weight excluding hydrogens is 334 g/mol. The maximum absolute atomic E-state index is 11.0. The van der Waals surface area contributed by atoms with Crippen molar-refractivity contribution in [3.8, 4) is 17.2 Å². The molecular formula is C20H17NO5. The molecule has 1 heterocycles. The third-order valence-corrected chi connectivity index (χ3v) is 3.91. The van der Waals surface area contributed by atoms with E-state index < -0.39 is 5.97 Å². The second-order valence-corrected chi connectivity index (χ2v) is 5.56. The molecule has 0 atom stereocenters. The van der Waals surface area contributed by atoms with Gasteiger partial charge in [-0.2, -0.15) is 0 Å². The van der Waals surface area contributed by atoms with Gasteiger partial charge in [-0.15, -0.1) is 0 Å². The average Bonchev–Trinajstić information content (AvgIpc) is 2.66. The third-order valence-electron chi connectivity index (χ3n) is 3.91. The first-order chi connectivity index (χ1) is 12.5. The molecule has 6 nitrogen and oxygen atoms in total. The van der Waals surface area contributed by atoms with E-state index >= 15 is 0 Å². The topological polar surface area (TPSA) is 88.9 Å². The highest BCUT2D eigenvalue weighted by molar-refractivity contribution is 5.93. The number of phenols is 1. The van der Waals surface area contributed by atoms with E-state index in [4.69, 9.17) is 14.6 Å². The number of methoxy groups -OCH3 is 2. The molecule has 2 aromatic carbocycles. The predicted octanol–water partition coefficient (Wildman–Crippen LogP) is 3.83. The number of carbonyl (C=O) groups is 1. The molecule has 0 spiro atoms. The first kappa shape index (κ1) is 17.3. The third kappa shape index (κ3) is 3.44. The van der Waals surface area contributed by atoms with Gasteiger partial charge in [0, 0.05) is 5.39 Å². The minimum atomic E-state index is -0.967. The van der Waals surface area contributed by atoms with Crippen molar-refractivity contribution in [2.45, 2.75) is 0 Å². The van der Waals surface area contributed by atoms with Gasteiger partial charge in [0.2, 0.25) is 5.75 Å². The van der Waals surface area contributed by atoms with Gasteiger partial charge in [0.1, 0.15) is 0 Å². The fourth-order valence-corrected chi connectivity index (χ4v) is 2.56. The standard InChI is InChI=1S/C20H17NO5/c1-25-17-9-12(10-18(26-2)19(17)22)3-6-15-7-4-13-11-14(20(23)24)5-8-16(13)21-15/h3-11,22H,1-2H3,(H,23,24)/b6-3+. The lowest BCUT2D eigenvalue weighted by molar-refractivity contribution is 0.0697. The second kappa shape index (κ2) is 7.14. The number of hydrogen-bond donors (Lipinski definition) is 2. The molecule has 0 radical (unpaired) electrons. The Kier molecular flexibility index (Phi) is 4.75. The maximum Gasteiger partial charge on any atom is 0.335 e. The van der Waals surface area contributed by atoms with E-state index in [2.05, 4.69) is 4.98 Å². The first-order valence-corrected chi connectivity index (χ1v) is 7.79. The van der Waals surface area contributed by atoms with E-state index in [0.29, 0.717) is 22.7 Å². The molecule has 26 heavy (non-hydrogen) atoms. The van der Waals surface area contributed by atoms with Crippen molar-refractivity contribution in [3.05, 3.63) is 59.3 Å². The van der Waals surface area contributed by atoms with Crippen LogP contribution < -0.4 is 9.47 Å². The van der Waals surface area contributed by atoms with Crippen molar-refractivity contribution in [1.29, 1.82) is 0 Å². The number of hydrogen-bond acceptors (Lipinski definition) is 5. The first-order valence-electron chi connectivity index (χ1n) is 7.79. The highest BCUT2D eigenvalue weighted by Crippen LogP contribution is 2.37. The van der Waals surface area contributed by atoms with Crippen molar-refractivity contribution in [2.24, 2.45) is 0 Å². The van der Waals surface area contributed by atoms with Gasteiger partial charge in [-0.3, -0.25) is 0 Å². The minimum Gasteiger partial charge on any atom is -0.502 e. The Bertz CT molecular complexity index is 985. The summed E-state index contributed by atoms with van der Waals surface area (Å²) in [6, 6.07) is 11.8. The van der Waals surface area contributed by atoms with Crippen LogP contribution >= 0.6 is 0 Å². The largest absolute Gasteiger partial charge is 0.502 e. The van der Waals surface area contributed by atoms with Crippen LogP contribution in [-0.2, 0) is 0 Å². The summed E-state index contributed by atoms with van der Waals surface area (Å²) in [4.78, 5) is 15.5. The Hall–Kier alpha value is -3.54. The molecule has 0 saturated carbocycles. The number of benzene rings is 2. The summed E-state index contributed by atoms with van der Waals surface area (Å²) < 4.78 is 10.3. The lowest BCUT2D eigenvalue weighted by atomic mass is 10.1. The van der Waals surface area contributed by atoms with Crippen molar-refractivity contribution in [3.63, 3.8) is 0 Å². The Morgan fingerprint density at radius 2 is 1.69 bits per heavy atom. The molecule has 132 valence electrons. The smallest absolute Gasteiger partial charge is 0.335 e. The Morgan fingerprint density at radius 3 is 2.31 bits per heavy atom. The number of ether oxygens (including phenoxy) is 2. The minimum absolute atomic E-state index is 0.0507. The van der Waals surface area contributed by atoms with Crippen LogP contribution in [0.4, 0.5) is 0 Å². The number of phenolic OH excluding ortho intramolecular Hbond substituents is 1. The molecule has 0 fully saturated rings. The van der Waals surface area contributed by atoms with Crippen molar-refractivity contribution in [2.75, 3.05) is 14.2 Å². The van der Waals surface area contributed by atoms with Crippen LogP contribution in [-0.4, -0.2) is 35.4 Å². The van der Waals surface area contributed by atoms with E-state index in [0.717, 1.165) is 10.9 Å². The van der Waals surface area contributed by atoms with Crippen molar-refractivity contribution in [1.82, 2.24) is 4.98 Å². The average molecular weight is 351 g/mol. The second-order valence-electron chi connectivity index (χ2n) is 5.56. The summed E-state index contributed by atoms with van der Waals surface area (Å²) in [5, 5.41) is 19.8. The number of aromatic hydroxyl groups is 1. The summed E-state index contributed by atoms with van der Waals surface area (Å²) in [6.07, 6.45) is 3.64. The molecule has 0 unspecified atom stereocenters. The molecule has 6 heteroatoms. The molecule has 0 bridgehead atoms. The van der Waals surface area contributed by atoms with E-state index in [1.807, 2.05) is 18.2 Å². The Labute approximate surface area is 150 Å². The Morgan fingerprint density at radius 1 is 1.00 bits per heavy atom. The van der Waals surface area contributed by atoms with Gasteiger partial charge in [0.25, 0.3) is 0 Å². The molecule has 0 aliphatic heterocycles. The number of pyridine rings is 1. The zero-order chi connectivity index (χ0) is 18.7. The van der Waals surface area contributed by atoms with Gasteiger partial charge >= 0.3 is 5.97 Å². The van der Waals surface area contributed by atoms with E-state index in [9.17, 15) is 9.90 Å². The summed E-state index contributed by atoms with van der Waals surface area (Å²) in [7, 11) is 2.94. The lowest BCUT2D eigenvalue weighted by Crippen LogP contribution is -1.95. The van der Waals surface area contributed by atoms with Crippen molar-refractivity contribution >= 4 is 29.0 Å². The van der Waals surface area contributed by atoms with Gasteiger partial charge in [0.15, 0.2) is 11.5 Å². The fourth-order valence-electron chi connectivity index (χ4n) is 2.56. The van der Waals surface area contributed by atoms with Gasteiger partial charge in [-0.05, 0) is 48.0 Å². The van der Waals surface area contributed by atoms with E-state index in [1.54, 1.807) is 30.3 Å². The number of rotatable bonds is 5. The predicted molar refractivity (Wildman–Crippen MR) is 98.8 cm³/mol. The lowest BCUT2D eigenvalue weighted by Gasteiger charge is -2.09. The SMILES string of the molecule is COc1cc(/C=C/c2ccc3cc(C(=O)O)ccc3n2)cc(OC)c1O. The molecule has 2 N–H and O–H groups in total. The Balaban J connectivity index is 1.93. The van der Waals surface area contributed by atoms with Crippen LogP contribution in [0.3, 0.4) is 0 Å². The molecule has 0 amide bonds. The summed E-state index contributed by atoms with van der Waals surface area (Å²) in [5.74, 6) is -0.385. The molecule has 0 saturated heterocycles. The number of fused-ring (bicyclic) bond motifs is 1. The van der Waals surface area contributed by atoms with Crippen LogP contribution in [0.15, 0.2) is 42.5 Å².